The molecule has 0 unspecified atom stereocenters. The maximum absolute atomic E-state index is 10.4. The summed E-state index contributed by atoms with van der Waals surface area (Å²) < 4.78 is 0.991. The predicted octanol–water partition coefficient (Wildman–Crippen LogP) is 3.31. The summed E-state index contributed by atoms with van der Waals surface area (Å²) in [5.74, 6) is -0.282. The van der Waals surface area contributed by atoms with Crippen molar-refractivity contribution >= 4 is 15.9 Å². The van der Waals surface area contributed by atoms with Gasteiger partial charge in [0.2, 0.25) is 0 Å². The summed E-state index contributed by atoms with van der Waals surface area (Å²) in [6.45, 7) is 0. The molecule has 2 nitrogen and oxygen atoms in total. The lowest BCUT2D eigenvalue weighted by atomic mass is 9.92. The summed E-state index contributed by atoms with van der Waals surface area (Å²) in [4.78, 5) is 0. The molecule has 18 heavy (non-hydrogen) atoms. The molecule has 0 bridgehead atoms. The minimum atomic E-state index is -0.641. The zero-order chi connectivity index (χ0) is 12.7. The summed E-state index contributed by atoms with van der Waals surface area (Å²) in [5.41, 5.74) is 2.62. The molecule has 0 fully saturated rings. The van der Waals surface area contributed by atoms with Crippen LogP contribution in [0.3, 0.4) is 0 Å². The van der Waals surface area contributed by atoms with Crippen LogP contribution in [-0.2, 0) is 0 Å². The highest BCUT2D eigenvalue weighted by molar-refractivity contribution is 9.10. The molecule has 1 aliphatic carbocycles. The lowest BCUT2D eigenvalue weighted by Crippen LogP contribution is -2.09. The highest BCUT2D eigenvalue weighted by Crippen LogP contribution is 2.49. The number of hydrogen-bond donors (Lipinski definition) is 2. The predicted molar refractivity (Wildman–Crippen MR) is 73.2 cm³/mol. The highest BCUT2D eigenvalue weighted by atomic mass is 79.9. The van der Waals surface area contributed by atoms with Crippen LogP contribution in [0.4, 0.5) is 0 Å². The Bertz CT molecular complexity index is 536. The van der Waals surface area contributed by atoms with Gasteiger partial charge in [0.1, 0.15) is 0 Å². The first-order chi connectivity index (χ1) is 8.68. The molecule has 0 spiro atoms. The first-order valence-corrected chi connectivity index (χ1v) is 6.68. The number of hydrogen-bond acceptors (Lipinski definition) is 2. The topological polar surface area (TPSA) is 40.5 Å². The Balaban J connectivity index is 2.03. The fraction of sp³-hybridized carbons (Fsp3) is 0.200. The van der Waals surface area contributed by atoms with E-state index in [4.69, 9.17) is 0 Å². The van der Waals surface area contributed by atoms with Crippen molar-refractivity contribution in [3.63, 3.8) is 0 Å². The number of fused-ring (bicyclic) bond motifs is 1. The van der Waals surface area contributed by atoms with Crippen molar-refractivity contribution in [1.82, 2.24) is 0 Å². The largest absolute Gasteiger partial charge is 0.388 e. The molecule has 0 heterocycles. The molecule has 0 saturated heterocycles. The Hall–Kier alpha value is -1.16. The molecule has 3 heteroatoms. The van der Waals surface area contributed by atoms with E-state index in [0.29, 0.717) is 0 Å². The smallest absolute Gasteiger partial charge is 0.0890 e. The highest BCUT2D eigenvalue weighted by Gasteiger charge is 2.39. The molecule has 2 aromatic rings. The lowest BCUT2D eigenvalue weighted by molar-refractivity contribution is 0.0771. The van der Waals surface area contributed by atoms with Gasteiger partial charge in [-0.15, -0.1) is 0 Å². The standard InChI is InChI=1S/C15H13BrO2/c16-10-7-5-9(6-8-10)13-14(17)11-3-1-2-4-12(11)15(13)18/h1-8,13-15,17-18H/t14-,15-/m1/s1. The summed E-state index contributed by atoms with van der Waals surface area (Å²) in [6, 6.07) is 15.3. The van der Waals surface area contributed by atoms with Gasteiger partial charge in [-0.25, -0.2) is 0 Å². The van der Waals surface area contributed by atoms with E-state index in [1.165, 1.54) is 0 Å². The summed E-state index contributed by atoms with van der Waals surface area (Å²) in [6.07, 6.45) is -1.28. The van der Waals surface area contributed by atoms with Gasteiger partial charge in [-0.2, -0.15) is 0 Å². The Labute approximate surface area is 114 Å². The minimum absolute atomic E-state index is 0.282. The van der Waals surface area contributed by atoms with Gasteiger partial charge < -0.3 is 10.2 Å². The normalized spacial score (nSPS) is 23.1. The Morgan fingerprint density at radius 1 is 0.778 bits per heavy atom. The second-order valence-electron chi connectivity index (χ2n) is 4.60. The van der Waals surface area contributed by atoms with E-state index in [9.17, 15) is 10.2 Å². The lowest BCUT2D eigenvalue weighted by Gasteiger charge is -2.19. The van der Waals surface area contributed by atoms with Gasteiger partial charge in [0.15, 0.2) is 0 Å². The van der Waals surface area contributed by atoms with Crippen LogP contribution in [0.25, 0.3) is 0 Å². The molecule has 2 N–H and O–H groups in total. The minimum Gasteiger partial charge on any atom is -0.388 e. The molecule has 0 aromatic heterocycles. The van der Waals surface area contributed by atoms with Crippen LogP contribution in [-0.4, -0.2) is 10.2 Å². The van der Waals surface area contributed by atoms with Crippen LogP contribution >= 0.6 is 15.9 Å². The number of rotatable bonds is 1. The molecule has 0 radical (unpaired) electrons. The van der Waals surface area contributed by atoms with Crippen molar-refractivity contribution in [2.45, 2.75) is 18.1 Å². The van der Waals surface area contributed by atoms with E-state index in [0.717, 1.165) is 21.2 Å². The van der Waals surface area contributed by atoms with Crippen LogP contribution in [0.15, 0.2) is 53.0 Å². The van der Waals surface area contributed by atoms with E-state index in [1.54, 1.807) is 0 Å². The van der Waals surface area contributed by atoms with Crippen LogP contribution in [0.1, 0.15) is 34.8 Å². The van der Waals surface area contributed by atoms with E-state index < -0.39 is 12.2 Å². The van der Waals surface area contributed by atoms with Crippen LogP contribution < -0.4 is 0 Å². The monoisotopic (exact) mass is 304 g/mol. The Morgan fingerprint density at radius 3 is 1.78 bits per heavy atom. The van der Waals surface area contributed by atoms with Crippen molar-refractivity contribution in [3.8, 4) is 0 Å². The first kappa shape index (κ1) is 11.9. The fourth-order valence-electron chi connectivity index (χ4n) is 2.66. The van der Waals surface area contributed by atoms with E-state index in [1.807, 2.05) is 48.5 Å². The van der Waals surface area contributed by atoms with Crippen molar-refractivity contribution in [2.24, 2.45) is 0 Å². The number of aliphatic hydroxyl groups excluding tert-OH is 2. The molecular weight excluding hydrogens is 292 g/mol. The molecule has 0 saturated carbocycles. The molecule has 2 atom stereocenters. The van der Waals surface area contributed by atoms with Gasteiger partial charge >= 0.3 is 0 Å². The zero-order valence-corrected chi connectivity index (χ0v) is 11.2. The average Bonchev–Trinajstić information content (AvgIpc) is 2.64. The maximum atomic E-state index is 10.4. The van der Waals surface area contributed by atoms with Crippen LogP contribution in [0.2, 0.25) is 0 Å². The molecule has 1 aliphatic rings. The molecule has 92 valence electrons. The van der Waals surface area contributed by atoms with E-state index in [2.05, 4.69) is 15.9 Å². The van der Waals surface area contributed by atoms with Crippen LogP contribution in [0, 0.1) is 0 Å². The maximum Gasteiger partial charge on any atom is 0.0890 e. The van der Waals surface area contributed by atoms with Crippen LogP contribution in [0.5, 0.6) is 0 Å². The van der Waals surface area contributed by atoms with Gasteiger partial charge in [0.25, 0.3) is 0 Å². The number of benzene rings is 2. The summed E-state index contributed by atoms with van der Waals surface area (Å²) in [7, 11) is 0. The molecule has 3 rings (SSSR count). The summed E-state index contributed by atoms with van der Waals surface area (Å²) in [5, 5.41) is 20.7. The molecule has 2 aromatic carbocycles. The number of aliphatic hydroxyl groups is 2. The molecule has 0 aliphatic heterocycles. The second-order valence-corrected chi connectivity index (χ2v) is 5.51. The van der Waals surface area contributed by atoms with Crippen molar-refractivity contribution in [3.05, 3.63) is 69.7 Å². The molecule has 0 amide bonds. The SMILES string of the molecule is O[C@@H]1c2ccccc2[C@@H](O)C1c1ccc(Br)cc1. The summed E-state index contributed by atoms with van der Waals surface area (Å²) >= 11 is 3.39. The van der Waals surface area contributed by atoms with Gasteiger partial charge in [0.05, 0.1) is 12.2 Å². The number of halogens is 1. The zero-order valence-electron chi connectivity index (χ0n) is 9.62. The third kappa shape index (κ3) is 1.79. The first-order valence-electron chi connectivity index (χ1n) is 5.89. The second kappa shape index (κ2) is 4.50. The fourth-order valence-corrected chi connectivity index (χ4v) is 2.92. The van der Waals surface area contributed by atoms with Gasteiger partial charge in [-0.05, 0) is 28.8 Å². The van der Waals surface area contributed by atoms with E-state index >= 15 is 0 Å². The molecular formula is C15H13BrO2. The Kier molecular flexibility index (Phi) is 2.98. The van der Waals surface area contributed by atoms with Gasteiger partial charge in [-0.3, -0.25) is 0 Å². The van der Waals surface area contributed by atoms with Gasteiger partial charge in [-0.1, -0.05) is 52.3 Å². The van der Waals surface area contributed by atoms with Crippen molar-refractivity contribution < 1.29 is 10.2 Å². The Morgan fingerprint density at radius 2 is 1.28 bits per heavy atom. The third-order valence-corrected chi connectivity index (χ3v) is 4.10. The van der Waals surface area contributed by atoms with Gasteiger partial charge in [0, 0.05) is 10.4 Å². The van der Waals surface area contributed by atoms with E-state index in [-0.39, 0.29) is 5.92 Å². The van der Waals surface area contributed by atoms with Crippen molar-refractivity contribution in [2.75, 3.05) is 0 Å². The third-order valence-electron chi connectivity index (χ3n) is 3.57. The average molecular weight is 305 g/mol. The quantitative estimate of drug-likeness (QED) is 0.848. The van der Waals surface area contributed by atoms with Crippen molar-refractivity contribution in [1.29, 1.82) is 0 Å².